The van der Waals surface area contributed by atoms with Gasteiger partial charge in [-0.3, -0.25) is 9.59 Å². The largest absolute Gasteiger partial charge is 0.350 e. The molecule has 30 heavy (non-hydrogen) atoms. The van der Waals surface area contributed by atoms with Crippen molar-refractivity contribution in [1.29, 1.82) is 0 Å². The average Bonchev–Trinajstić information content (AvgIpc) is 3.23. The lowest BCUT2D eigenvalue weighted by atomic mass is 10.1. The summed E-state index contributed by atoms with van der Waals surface area (Å²) in [6, 6.07) is 10.3. The standard InChI is InChI=1S/C20H21Cl2N3O4S/c1-23-30(28,29)15-7-4-13(5-8-15)12-24-19(26)18-3-2-10-25(18)20(27)16-11-14(21)6-9-17(16)22/h4-9,11,18,23H,2-3,10,12H2,1H3,(H,24,26). The Kier molecular flexibility index (Phi) is 7.02. The smallest absolute Gasteiger partial charge is 0.256 e. The molecular weight excluding hydrogens is 449 g/mol. The van der Waals surface area contributed by atoms with E-state index in [9.17, 15) is 18.0 Å². The first-order chi connectivity index (χ1) is 14.2. The number of hydrogen-bond donors (Lipinski definition) is 2. The zero-order chi connectivity index (χ0) is 21.9. The van der Waals surface area contributed by atoms with Gasteiger partial charge in [-0.2, -0.15) is 0 Å². The predicted molar refractivity (Wildman–Crippen MR) is 115 cm³/mol. The maximum absolute atomic E-state index is 12.9. The molecular formula is C20H21Cl2N3O4S. The molecule has 3 rings (SSSR count). The molecule has 10 heteroatoms. The minimum absolute atomic E-state index is 0.144. The molecule has 0 aliphatic carbocycles. The number of halogens is 2. The molecule has 0 bridgehead atoms. The first-order valence-electron chi connectivity index (χ1n) is 9.29. The van der Waals surface area contributed by atoms with Crippen LogP contribution in [0.5, 0.6) is 0 Å². The van der Waals surface area contributed by atoms with Crippen LogP contribution in [0.4, 0.5) is 0 Å². The Morgan fingerprint density at radius 2 is 1.83 bits per heavy atom. The lowest BCUT2D eigenvalue weighted by Crippen LogP contribution is -2.45. The Morgan fingerprint density at radius 3 is 2.50 bits per heavy atom. The molecule has 0 aromatic heterocycles. The molecule has 1 atom stereocenters. The molecule has 1 saturated heterocycles. The third-order valence-electron chi connectivity index (χ3n) is 4.94. The summed E-state index contributed by atoms with van der Waals surface area (Å²) in [5.74, 6) is -0.604. The number of carbonyl (C=O) groups is 2. The number of sulfonamides is 1. The lowest BCUT2D eigenvalue weighted by Gasteiger charge is -2.24. The molecule has 2 aromatic rings. The lowest BCUT2D eigenvalue weighted by molar-refractivity contribution is -0.125. The van der Waals surface area contributed by atoms with Crippen LogP contribution in [0.2, 0.25) is 10.0 Å². The van der Waals surface area contributed by atoms with Gasteiger partial charge < -0.3 is 10.2 Å². The monoisotopic (exact) mass is 469 g/mol. The van der Waals surface area contributed by atoms with Gasteiger partial charge in [0.1, 0.15) is 6.04 Å². The summed E-state index contributed by atoms with van der Waals surface area (Å²) in [6.45, 7) is 0.672. The van der Waals surface area contributed by atoms with Crippen LogP contribution in [0.1, 0.15) is 28.8 Å². The number of hydrogen-bond acceptors (Lipinski definition) is 4. The van der Waals surface area contributed by atoms with Gasteiger partial charge in [0.05, 0.1) is 15.5 Å². The second-order valence-corrected chi connectivity index (χ2v) is 9.58. The van der Waals surface area contributed by atoms with E-state index in [1.54, 1.807) is 24.3 Å². The van der Waals surface area contributed by atoms with Crippen LogP contribution < -0.4 is 10.0 Å². The van der Waals surface area contributed by atoms with Gasteiger partial charge in [-0.25, -0.2) is 13.1 Å². The van der Waals surface area contributed by atoms with Gasteiger partial charge in [0.15, 0.2) is 0 Å². The summed E-state index contributed by atoms with van der Waals surface area (Å²) in [4.78, 5) is 27.3. The van der Waals surface area contributed by atoms with Gasteiger partial charge in [0.2, 0.25) is 15.9 Å². The molecule has 2 amide bonds. The fraction of sp³-hybridized carbons (Fsp3) is 0.300. The third kappa shape index (κ3) is 4.95. The number of nitrogens with one attached hydrogen (secondary N) is 2. The topological polar surface area (TPSA) is 95.6 Å². The zero-order valence-electron chi connectivity index (χ0n) is 16.2. The van der Waals surface area contributed by atoms with Gasteiger partial charge in [0, 0.05) is 18.1 Å². The molecule has 0 saturated carbocycles. The molecule has 2 aromatic carbocycles. The van der Waals surface area contributed by atoms with E-state index >= 15 is 0 Å². The van der Waals surface area contributed by atoms with Crippen molar-refractivity contribution in [3.8, 4) is 0 Å². The molecule has 7 nitrogen and oxygen atoms in total. The maximum atomic E-state index is 12.9. The number of nitrogens with zero attached hydrogens (tertiary/aromatic N) is 1. The Morgan fingerprint density at radius 1 is 1.13 bits per heavy atom. The molecule has 0 spiro atoms. The molecule has 1 heterocycles. The van der Waals surface area contributed by atoms with Gasteiger partial charge in [-0.15, -0.1) is 0 Å². The Labute approximate surface area is 185 Å². The maximum Gasteiger partial charge on any atom is 0.256 e. The summed E-state index contributed by atoms with van der Waals surface area (Å²) >= 11 is 12.1. The summed E-state index contributed by atoms with van der Waals surface area (Å²) < 4.78 is 25.8. The normalized spacial score (nSPS) is 16.5. The van der Waals surface area contributed by atoms with E-state index in [1.807, 2.05) is 0 Å². The highest BCUT2D eigenvalue weighted by atomic mass is 35.5. The Balaban J connectivity index is 1.66. The zero-order valence-corrected chi connectivity index (χ0v) is 18.5. The molecule has 1 aliphatic heterocycles. The molecule has 2 N–H and O–H groups in total. The summed E-state index contributed by atoms with van der Waals surface area (Å²) in [5.41, 5.74) is 1.01. The number of amides is 2. The van der Waals surface area contributed by atoms with Gasteiger partial charge in [-0.05, 0) is 55.8 Å². The number of likely N-dealkylation sites (tertiary alicyclic amines) is 1. The predicted octanol–water partition coefficient (Wildman–Crippen LogP) is 2.82. The van der Waals surface area contributed by atoms with E-state index in [0.29, 0.717) is 24.4 Å². The fourth-order valence-electron chi connectivity index (χ4n) is 3.31. The van der Waals surface area contributed by atoms with Crippen molar-refractivity contribution in [2.75, 3.05) is 13.6 Å². The third-order valence-corrected chi connectivity index (χ3v) is 6.94. The van der Waals surface area contributed by atoms with Crippen molar-refractivity contribution >= 4 is 45.0 Å². The van der Waals surface area contributed by atoms with E-state index in [4.69, 9.17) is 23.2 Å². The number of carbonyl (C=O) groups excluding carboxylic acids is 2. The van der Waals surface area contributed by atoms with Crippen molar-refractivity contribution in [2.45, 2.75) is 30.3 Å². The van der Waals surface area contributed by atoms with Crippen LogP contribution in [0.25, 0.3) is 0 Å². The van der Waals surface area contributed by atoms with Gasteiger partial charge in [-0.1, -0.05) is 35.3 Å². The minimum atomic E-state index is -3.51. The van der Waals surface area contributed by atoms with Gasteiger partial charge in [0.25, 0.3) is 5.91 Å². The number of benzene rings is 2. The van der Waals surface area contributed by atoms with Crippen molar-refractivity contribution in [3.63, 3.8) is 0 Å². The quantitative estimate of drug-likeness (QED) is 0.679. The second-order valence-electron chi connectivity index (χ2n) is 6.85. The SMILES string of the molecule is CNS(=O)(=O)c1ccc(CNC(=O)C2CCCN2C(=O)c2cc(Cl)ccc2Cl)cc1. The first-order valence-corrected chi connectivity index (χ1v) is 11.5. The van der Waals surface area contributed by atoms with Crippen LogP contribution in [-0.2, 0) is 21.4 Å². The van der Waals surface area contributed by atoms with Crippen LogP contribution in [0.3, 0.4) is 0 Å². The van der Waals surface area contributed by atoms with E-state index in [2.05, 4.69) is 10.0 Å². The summed E-state index contributed by atoms with van der Waals surface area (Å²) in [7, 11) is -2.17. The second kappa shape index (κ2) is 9.34. The Hall–Kier alpha value is -2.13. The van der Waals surface area contributed by atoms with Crippen molar-refractivity contribution in [3.05, 3.63) is 63.6 Å². The van der Waals surface area contributed by atoms with Crippen LogP contribution in [-0.4, -0.2) is 44.8 Å². The van der Waals surface area contributed by atoms with Crippen molar-refractivity contribution in [1.82, 2.24) is 14.9 Å². The highest BCUT2D eigenvalue weighted by Gasteiger charge is 2.35. The van der Waals surface area contributed by atoms with Crippen molar-refractivity contribution in [2.24, 2.45) is 0 Å². The van der Waals surface area contributed by atoms with E-state index < -0.39 is 16.1 Å². The minimum Gasteiger partial charge on any atom is -0.350 e. The molecule has 1 unspecified atom stereocenters. The Bertz CT molecular complexity index is 1060. The van der Waals surface area contributed by atoms with Gasteiger partial charge >= 0.3 is 0 Å². The fourth-order valence-corrected chi connectivity index (χ4v) is 4.41. The van der Waals surface area contributed by atoms with Crippen molar-refractivity contribution < 1.29 is 18.0 Å². The highest BCUT2D eigenvalue weighted by molar-refractivity contribution is 7.89. The first kappa shape index (κ1) is 22.6. The molecule has 1 fully saturated rings. The summed E-state index contributed by atoms with van der Waals surface area (Å²) in [5, 5.41) is 3.50. The molecule has 0 radical (unpaired) electrons. The molecule has 1 aliphatic rings. The highest BCUT2D eigenvalue weighted by Crippen LogP contribution is 2.26. The van der Waals surface area contributed by atoms with Crippen LogP contribution in [0.15, 0.2) is 47.4 Å². The summed E-state index contributed by atoms with van der Waals surface area (Å²) in [6.07, 6.45) is 1.26. The van der Waals surface area contributed by atoms with E-state index in [-0.39, 0.29) is 33.8 Å². The molecule has 160 valence electrons. The van der Waals surface area contributed by atoms with Crippen LogP contribution in [0, 0.1) is 0 Å². The van der Waals surface area contributed by atoms with Crippen LogP contribution >= 0.6 is 23.2 Å². The van der Waals surface area contributed by atoms with E-state index in [1.165, 1.54) is 30.1 Å². The number of rotatable bonds is 6. The van der Waals surface area contributed by atoms with E-state index in [0.717, 1.165) is 5.56 Å². The average molecular weight is 470 g/mol.